The van der Waals surface area contributed by atoms with Gasteiger partial charge in [0.1, 0.15) is 5.75 Å². The Labute approximate surface area is 191 Å². The first-order valence-electron chi connectivity index (χ1n) is 14.5. The van der Waals surface area contributed by atoms with Crippen molar-refractivity contribution in [1.82, 2.24) is 15.5 Å². The Kier molecular flexibility index (Phi) is 3.27. The summed E-state index contributed by atoms with van der Waals surface area (Å²) in [5.74, 6) is -0.993. The topological polar surface area (TPSA) is 64.5 Å². The molecule has 6 nitrogen and oxygen atoms in total. The monoisotopic (exact) mass is 412 g/mol. The van der Waals surface area contributed by atoms with Gasteiger partial charge in [0.25, 0.3) is 5.89 Å². The summed E-state index contributed by atoms with van der Waals surface area (Å²) in [4.78, 5) is 7.50. The van der Waals surface area contributed by atoms with Crippen LogP contribution in [0.25, 0.3) is 27.7 Å². The second-order valence-corrected chi connectivity index (χ2v) is 6.78. The molecule has 0 bridgehead atoms. The SMILES string of the molecule is [2H]c1c([2H])c(-c2noc(-c3c([2H])c([2H])c(OC(C)C)c([N+]#[C-])c3[2H])n2)c2c(c1[2H])[C@@H](NC([2H])([2H])CC)CC2([2H])[2H]. The van der Waals surface area contributed by atoms with E-state index in [0.29, 0.717) is 0 Å². The quantitative estimate of drug-likeness (QED) is 0.502. The van der Waals surface area contributed by atoms with Crippen LogP contribution in [-0.2, 0) is 6.37 Å². The highest BCUT2D eigenvalue weighted by Gasteiger charge is 2.26. The van der Waals surface area contributed by atoms with Gasteiger partial charge in [0.05, 0.1) is 19.5 Å². The summed E-state index contributed by atoms with van der Waals surface area (Å²) < 4.78 is 95.1. The molecule has 6 heteroatoms. The third kappa shape index (κ3) is 3.94. The average Bonchev–Trinajstić information content (AvgIpc) is 3.43. The van der Waals surface area contributed by atoms with Crippen LogP contribution >= 0.6 is 0 Å². The lowest BCUT2D eigenvalue weighted by molar-refractivity contribution is 0.244. The van der Waals surface area contributed by atoms with Gasteiger partial charge in [0, 0.05) is 24.0 Å². The molecule has 1 aliphatic carbocycles. The van der Waals surface area contributed by atoms with Gasteiger partial charge in [-0.1, -0.05) is 30.2 Å². The molecule has 0 saturated carbocycles. The van der Waals surface area contributed by atoms with Crippen molar-refractivity contribution in [3.63, 3.8) is 0 Å². The minimum atomic E-state index is -2.16. The van der Waals surface area contributed by atoms with Crippen molar-refractivity contribution in [2.45, 2.75) is 52.1 Å². The number of fused-ring (bicyclic) bond motifs is 1. The molecule has 1 aliphatic rings. The van der Waals surface area contributed by atoms with Gasteiger partial charge in [-0.2, -0.15) is 4.98 Å². The largest absolute Gasteiger partial charge is 0.502 e. The molecule has 1 heterocycles. The van der Waals surface area contributed by atoms with E-state index in [1.54, 1.807) is 20.8 Å². The molecule has 154 valence electrons. The highest BCUT2D eigenvalue weighted by Crippen LogP contribution is 2.38. The van der Waals surface area contributed by atoms with E-state index in [4.69, 9.17) is 29.5 Å². The van der Waals surface area contributed by atoms with Crippen molar-refractivity contribution >= 4 is 5.69 Å². The van der Waals surface area contributed by atoms with Crippen molar-refractivity contribution < 1.29 is 23.0 Å². The van der Waals surface area contributed by atoms with E-state index in [9.17, 15) is 0 Å². The van der Waals surface area contributed by atoms with E-state index in [1.807, 2.05) is 0 Å². The van der Waals surface area contributed by atoms with E-state index < -0.39 is 67.2 Å². The van der Waals surface area contributed by atoms with Crippen LogP contribution in [0.15, 0.2) is 40.8 Å². The first-order valence-corrected chi connectivity index (χ1v) is 9.50. The normalized spacial score (nSPS) is 22.2. The van der Waals surface area contributed by atoms with Gasteiger partial charge >= 0.3 is 0 Å². The average molecular weight is 413 g/mol. The predicted octanol–water partition coefficient (Wildman–Crippen LogP) is 5.73. The molecular weight excluding hydrogens is 376 g/mol. The van der Waals surface area contributed by atoms with Crippen LogP contribution in [-0.4, -0.2) is 22.7 Å². The van der Waals surface area contributed by atoms with Crippen molar-refractivity contribution in [3.05, 3.63) is 58.8 Å². The maximum absolute atomic E-state index is 8.68. The maximum Gasteiger partial charge on any atom is 0.256 e. The Hall–Kier alpha value is -3.17. The second-order valence-electron chi connectivity index (χ2n) is 6.78. The standard InChI is InChI=1S/C24H26N4O2/c1-5-13-26-20-11-10-17-18(20)7-6-8-19(17)23-27-24(30-28-23)16-9-12-22(29-15(2)3)21(14-16)25-4/h6-9,12,14-15,20,26H,5,10-11,13H2,1-3H3/t20-/m0/s1/i6D,7D,8D,9D,10D2,12D,13D2,14D. The van der Waals surface area contributed by atoms with E-state index in [0.717, 1.165) is 0 Å². The minimum absolute atomic E-state index is 0.0194. The summed E-state index contributed by atoms with van der Waals surface area (Å²) in [6.45, 7) is 10.6. The molecule has 0 fully saturated rings. The zero-order chi connectivity index (χ0) is 29.9. The van der Waals surface area contributed by atoms with Crippen molar-refractivity contribution in [2.24, 2.45) is 0 Å². The molecule has 30 heavy (non-hydrogen) atoms. The Morgan fingerprint density at radius 3 is 3.07 bits per heavy atom. The van der Waals surface area contributed by atoms with Gasteiger partial charge in [-0.15, -0.1) is 0 Å². The highest BCUT2D eigenvalue weighted by atomic mass is 16.5. The third-order valence-electron chi connectivity index (χ3n) is 4.28. The Balaban J connectivity index is 1.94. The molecule has 0 amide bonds. The van der Waals surface area contributed by atoms with E-state index >= 15 is 0 Å². The van der Waals surface area contributed by atoms with E-state index in [-0.39, 0.29) is 52.4 Å². The zero-order valence-electron chi connectivity index (χ0n) is 26.7. The van der Waals surface area contributed by atoms with Crippen molar-refractivity contribution in [2.75, 3.05) is 6.50 Å². The summed E-state index contributed by atoms with van der Waals surface area (Å²) in [5, 5.41) is 6.56. The minimum Gasteiger partial charge on any atom is -0.502 e. The summed E-state index contributed by atoms with van der Waals surface area (Å²) >= 11 is 0. The van der Waals surface area contributed by atoms with Crippen LogP contribution in [0.1, 0.15) is 64.5 Å². The van der Waals surface area contributed by atoms with Crippen LogP contribution in [0.5, 0.6) is 5.75 Å². The van der Waals surface area contributed by atoms with Crippen LogP contribution in [0.3, 0.4) is 0 Å². The number of nitrogens with zero attached hydrogens (tertiary/aromatic N) is 3. The van der Waals surface area contributed by atoms with Crippen molar-refractivity contribution in [1.29, 1.82) is 0 Å². The van der Waals surface area contributed by atoms with Gasteiger partial charge in [-0.25, -0.2) is 4.85 Å². The molecule has 0 spiro atoms. The molecule has 4 rings (SSSR count). The van der Waals surface area contributed by atoms with Gasteiger partial charge in [-0.05, 0) is 68.8 Å². The van der Waals surface area contributed by atoms with Gasteiger partial charge in [-0.3, -0.25) is 0 Å². The summed E-state index contributed by atoms with van der Waals surface area (Å²) in [7, 11) is 0. The maximum atomic E-state index is 8.68. The predicted molar refractivity (Wildman–Crippen MR) is 117 cm³/mol. The molecule has 3 aromatic rings. The summed E-state index contributed by atoms with van der Waals surface area (Å²) in [5.41, 5.74) is -1.00. The zero-order valence-corrected chi connectivity index (χ0v) is 16.7. The molecule has 2 aromatic carbocycles. The number of rotatable bonds is 7. The second kappa shape index (κ2) is 8.68. The number of hydrogen-bond donors (Lipinski definition) is 1. The number of hydrogen-bond acceptors (Lipinski definition) is 5. The summed E-state index contributed by atoms with van der Waals surface area (Å²) in [6.07, 6.45) is -2.79. The lowest BCUT2D eigenvalue weighted by Crippen LogP contribution is -2.19. The highest BCUT2D eigenvalue weighted by molar-refractivity contribution is 5.70. The van der Waals surface area contributed by atoms with Crippen LogP contribution in [0.4, 0.5) is 5.69 Å². The van der Waals surface area contributed by atoms with Crippen molar-refractivity contribution in [3.8, 4) is 28.6 Å². The molecule has 0 unspecified atom stereocenters. The fourth-order valence-electron chi connectivity index (χ4n) is 3.01. The number of ether oxygens (including phenoxy) is 1. The molecule has 0 aliphatic heterocycles. The molecular formula is C24H26N4O2. The van der Waals surface area contributed by atoms with Gasteiger partial charge in [0.2, 0.25) is 11.5 Å². The molecule has 0 radical (unpaired) electrons. The lowest BCUT2D eigenvalue weighted by Gasteiger charge is -2.13. The Bertz CT molecular complexity index is 1550. The molecule has 1 atom stereocenters. The van der Waals surface area contributed by atoms with E-state index in [2.05, 4.69) is 20.3 Å². The Morgan fingerprint density at radius 1 is 1.43 bits per heavy atom. The van der Waals surface area contributed by atoms with E-state index in [1.165, 1.54) is 0 Å². The molecule has 0 saturated heterocycles. The van der Waals surface area contributed by atoms with Crippen LogP contribution < -0.4 is 10.1 Å². The lowest BCUT2D eigenvalue weighted by atomic mass is 10.0. The van der Waals surface area contributed by atoms with Crippen LogP contribution in [0, 0.1) is 6.57 Å². The number of nitrogens with one attached hydrogen (secondary N) is 1. The fraction of sp³-hybridized carbons (Fsp3) is 0.375. The molecule has 1 N–H and O–H groups in total. The Morgan fingerprint density at radius 2 is 2.30 bits per heavy atom. The van der Waals surface area contributed by atoms with Crippen LogP contribution in [0.2, 0.25) is 0 Å². The first-order chi connectivity index (χ1) is 18.6. The summed E-state index contributed by atoms with van der Waals surface area (Å²) in [6, 6.07) is -3.92. The first kappa shape index (κ1) is 11.3. The fourth-order valence-corrected chi connectivity index (χ4v) is 3.01. The third-order valence-corrected chi connectivity index (χ3v) is 4.28. The number of benzene rings is 2. The smallest absolute Gasteiger partial charge is 0.256 e. The van der Waals surface area contributed by atoms with Gasteiger partial charge < -0.3 is 14.6 Å². The molecule has 1 aromatic heterocycles. The number of aromatic nitrogens is 2. The van der Waals surface area contributed by atoms with Gasteiger partial charge in [0.15, 0.2) is 0 Å².